The van der Waals surface area contributed by atoms with Crippen molar-refractivity contribution in [2.75, 3.05) is 11.9 Å². The Kier molecular flexibility index (Phi) is 6.66. The fourth-order valence-electron chi connectivity index (χ4n) is 3.22. The number of ether oxygens (including phenoxy) is 1. The van der Waals surface area contributed by atoms with Gasteiger partial charge >= 0.3 is 0 Å². The van der Waals surface area contributed by atoms with Crippen LogP contribution in [0.25, 0.3) is 0 Å². The molecule has 1 amide bonds. The second-order valence-electron chi connectivity index (χ2n) is 7.18. The number of tetrazole rings is 1. The molecule has 0 aliphatic carbocycles. The zero-order chi connectivity index (χ0) is 20.9. The number of anilines is 1. The fraction of sp³-hybridized carbons (Fsp3) is 0.333. The van der Waals surface area contributed by atoms with Gasteiger partial charge in [-0.2, -0.15) is 0 Å². The van der Waals surface area contributed by atoms with Crippen LogP contribution in [0.4, 0.5) is 5.69 Å². The number of halogens is 1. The predicted molar refractivity (Wildman–Crippen MR) is 117 cm³/mol. The van der Waals surface area contributed by atoms with E-state index in [9.17, 15) is 4.79 Å². The molecule has 0 spiro atoms. The van der Waals surface area contributed by atoms with Gasteiger partial charge in [0.2, 0.25) is 5.16 Å². The van der Waals surface area contributed by atoms with Crippen LogP contribution in [0.15, 0.2) is 47.6 Å². The highest BCUT2D eigenvalue weighted by Gasteiger charge is 2.19. The molecule has 1 aliphatic rings. The second-order valence-corrected chi connectivity index (χ2v) is 8.53. The van der Waals surface area contributed by atoms with Crippen LogP contribution in [-0.2, 0) is 17.0 Å². The summed E-state index contributed by atoms with van der Waals surface area (Å²) in [5.41, 5.74) is 3.33. The van der Waals surface area contributed by atoms with Crippen LogP contribution in [0.5, 0.6) is 0 Å². The molecular formula is C21H22ClN5O2S. The average molecular weight is 444 g/mol. The normalized spacial score (nSPS) is 16.0. The van der Waals surface area contributed by atoms with E-state index >= 15 is 0 Å². The Balaban J connectivity index is 1.33. The standard InChI is InChI=1S/C21H22ClN5O2S/c1-14-11-17(8-9-19(14)22)23-20(28)16-6-4-15(5-7-16)13-30-21-24-25-26-27(21)12-18-3-2-10-29-18/h4-9,11,18H,2-3,10,12-13H2,1H3,(H,23,28)/t18-/m1/s1. The first-order chi connectivity index (χ1) is 14.6. The van der Waals surface area contributed by atoms with Crippen LogP contribution in [0, 0.1) is 6.92 Å². The van der Waals surface area contributed by atoms with Gasteiger partial charge in [-0.15, -0.1) is 5.10 Å². The van der Waals surface area contributed by atoms with Crippen molar-refractivity contribution in [1.82, 2.24) is 20.2 Å². The Morgan fingerprint density at radius 2 is 2.13 bits per heavy atom. The number of nitrogens with zero attached hydrogens (tertiary/aromatic N) is 4. The molecular weight excluding hydrogens is 422 g/mol. The van der Waals surface area contributed by atoms with Crippen LogP contribution >= 0.6 is 23.4 Å². The van der Waals surface area contributed by atoms with E-state index in [1.807, 2.05) is 37.3 Å². The van der Waals surface area contributed by atoms with E-state index < -0.39 is 0 Å². The lowest BCUT2D eigenvalue weighted by Gasteiger charge is -2.10. The number of aryl methyl sites for hydroxylation is 1. The largest absolute Gasteiger partial charge is 0.376 e. The molecule has 7 nitrogen and oxygen atoms in total. The van der Waals surface area contributed by atoms with Gasteiger partial charge in [-0.25, -0.2) is 4.68 Å². The summed E-state index contributed by atoms with van der Waals surface area (Å²) < 4.78 is 7.47. The Labute approximate surface area is 184 Å². The minimum Gasteiger partial charge on any atom is -0.376 e. The van der Waals surface area contributed by atoms with Gasteiger partial charge in [-0.1, -0.05) is 35.5 Å². The molecule has 9 heteroatoms. The highest BCUT2D eigenvalue weighted by atomic mass is 35.5. The van der Waals surface area contributed by atoms with E-state index in [0.717, 1.165) is 41.4 Å². The van der Waals surface area contributed by atoms with E-state index in [-0.39, 0.29) is 12.0 Å². The van der Waals surface area contributed by atoms with Crippen LogP contribution in [0.1, 0.15) is 34.3 Å². The second kappa shape index (κ2) is 9.59. The van der Waals surface area contributed by atoms with Gasteiger partial charge in [0.1, 0.15) is 0 Å². The molecule has 156 valence electrons. The first-order valence-electron chi connectivity index (χ1n) is 9.75. The molecule has 0 radical (unpaired) electrons. The molecule has 1 fully saturated rings. The van der Waals surface area contributed by atoms with Crippen molar-refractivity contribution in [2.24, 2.45) is 0 Å². The van der Waals surface area contributed by atoms with E-state index in [1.165, 1.54) is 0 Å². The van der Waals surface area contributed by atoms with Gasteiger partial charge in [0.25, 0.3) is 5.91 Å². The molecule has 1 aromatic heterocycles. The third-order valence-electron chi connectivity index (χ3n) is 4.90. The van der Waals surface area contributed by atoms with Gasteiger partial charge < -0.3 is 10.1 Å². The summed E-state index contributed by atoms with van der Waals surface area (Å²) in [6.45, 7) is 3.40. The molecule has 0 saturated carbocycles. The highest BCUT2D eigenvalue weighted by Crippen LogP contribution is 2.23. The first-order valence-corrected chi connectivity index (χ1v) is 11.1. The van der Waals surface area contributed by atoms with Crippen LogP contribution in [-0.4, -0.2) is 38.8 Å². The molecule has 3 aromatic rings. The smallest absolute Gasteiger partial charge is 0.255 e. The van der Waals surface area contributed by atoms with Gasteiger partial charge in [0.15, 0.2) is 0 Å². The van der Waals surface area contributed by atoms with Crippen molar-refractivity contribution in [3.63, 3.8) is 0 Å². The van der Waals surface area contributed by atoms with E-state index in [1.54, 1.807) is 28.6 Å². The van der Waals surface area contributed by atoms with Gasteiger partial charge in [0, 0.05) is 28.6 Å². The summed E-state index contributed by atoms with van der Waals surface area (Å²) in [5.74, 6) is 0.556. The summed E-state index contributed by atoms with van der Waals surface area (Å²) >= 11 is 7.60. The summed E-state index contributed by atoms with van der Waals surface area (Å²) in [7, 11) is 0. The molecule has 1 saturated heterocycles. The molecule has 0 unspecified atom stereocenters. The van der Waals surface area contributed by atoms with E-state index in [4.69, 9.17) is 16.3 Å². The van der Waals surface area contributed by atoms with E-state index in [0.29, 0.717) is 22.9 Å². The van der Waals surface area contributed by atoms with Crippen molar-refractivity contribution in [2.45, 2.75) is 43.3 Å². The SMILES string of the molecule is Cc1cc(NC(=O)c2ccc(CSc3nnnn3C[C@H]3CCCO3)cc2)ccc1Cl. The zero-order valence-electron chi connectivity index (χ0n) is 16.5. The Bertz CT molecular complexity index is 1020. The lowest BCUT2D eigenvalue weighted by molar-refractivity contribution is 0.0911. The Morgan fingerprint density at radius 1 is 1.30 bits per heavy atom. The third-order valence-corrected chi connectivity index (χ3v) is 6.35. The quantitative estimate of drug-likeness (QED) is 0.546. The molecule has 1 atom stereocenters. The third kappa shape index (κ3) is 5.19. The highest BCUT2D eigenvalue weighted by molar-refractivity contribution is 7.98. The van der Waals surface area contributed by atoms with Crippen molar-refractivity contribution in [1.29, 1.82) is 0 Å². The lowest BCUT2D eigenvalue weighted by atomic mass is 10.1. The molecule has 2 aromatic carbocycles. The molecule has 1 N–H and O–H groups in total. The van der Waals surface area contributed by atoms with Crippen LogP contribution < -0.4 is 5.32 Å². The molecule has 0 bridgehead atoms. The molecule has 30 heavy (non-hydrogen) atoms. The van der Waals surface area contributed by atoms with Crippen molar-refractivity contribution in [3.05, 3.63) is 64.2 Å². The van der Waals surface area contributed by atoms with Gasteiger partial charge in [-0.3, -0.25) is 4.79 Å². The summed E-state index contributed by atoms with van der Waals surface area (Å²) in [5, 5.41) is 16.3. The van der Waals surface area contributed by atoms with E-state index in [2.05, 4.69) is 20.8 Å². The van der Waals surface area contributed by atoms with Crippen molar-refractivity contribution < 1.29 is 9.53 Å². The zero-order valence-corrected chi connectivity index (χ0v) is 18.1. The number of benzene rings is 2. The summed E-state index contributed by atoms with van der Waals surface area (Å²) in [6, 6.07) is 13.0. The minimum absolute atomic E-state index is 0.156. The van der Waals surface area contributed by atoms with Gasteiger partial charge in [0.05, 0.1) is 12.6 Å². The van der Waals surface area contributed by atoms with Gasteiger partial charge in [-0.05, 0) is 71.7 Å². The fourth-order valence-corrected chi connectivity index (χ4v) is 4.18. The van der Waals surface area contributed by atoms with Crippen molar-refractivity contribution in [3.8, 4) is 0 Å². The van der Waals surface area contributed by atoms with Crippen LogP contribution in [0.3, 0.4) is 0 Å². The Morgan fingerprint density at radius 3 is 2.87 bits per heavy atom. The number of carbonyl (C=O) groups is 1. The minimum atomic E-state index is -0.156. The number of nitrogens with one attached hydrogen (secondary N) is 1. The topological polar surface area (TPSA) is 81.9 Å². The summed E-state index contributed by atoms with van der Waals surface area (Å²) in [6.07, 6.45) is 2.32. The number of amides is 1. The van der Waals surface area contributed by atoms with Crippen molar-refractivity contribution >= 4 is 35.0 Å². The maximum absolute atomic E-state index is 12.5. The number of rotatable bonds is 7. The van der Waals surface area contributed by atoms with Crippen LogP contribution in [0.2, 0.25) is 5.02 Å². The maximum atomic E-state index is 12.5. The maximum Gasteiger partial charge on any atom is 0.255 e. The predicted octanol–water partition coefficient (Wildman–Crippen LogP) is 4.36. The number of hydrogen-bond acceptors (Lipinski definition) is 6. The first kappa shape index (κ1) is 20.8. The average Bonchev–Trinajstić information content (AvgIpc) is 3.42. The number of hydrogen-bond donors (Lipinski definition) is 1. The number of aromatic nitrogens is 4. The monoisotopic (exact) mass is 443 g/mol. The number of carbonyl (C=O) groups excluding carboxylic acids is 1. The molecule has 1 aliphatic heterocycles. The summed E-state index contributed by atoms with van der Waals surface area (Å²) in [4.78, 5) is 12.5. The Hall–Kier alpha value is -2.42. The lowest BCUT2D eigenvalue weighted by Crippen LogP contribution is -2.16. The molecule has 2 heterocycles. The number of thioether (sulfide) groups is 1. The molecule has 4 rings (SSSR count).